The normalized spacial score (nSPS) is 9.88. The van der Waals surface area contributed by atoms with Crippen molar-refractivity contribution in [2.45, 2.75) is 6.92 Å². The monoisotopic (exact) mass is 340 g/mol. The molecule has 0 radical (unpaired) electrons. The highest BCUT2D eigenvalue weighted by molar-refractivity contribution is 14.2. The van der Waals surface area contributed by atoms with Crippen molar-refractivity contribution in [2.75, 3.05) is 5.73 Å². The Hall–Kier alpha value is -0.930. The van der Waals surface area contributed by atoms with Crippen molar-refractivity contribution in [3.8, 4) is 11.2 Å². The predicted molar refractivity (Wildman–Crippen MR) is 79.4 cm³/mol. The Morgan fingerprint density at radius 1 is 1.44 bits per heavy atom. The standard InChI is InChI=1S/C12H9IN2S/c1-8-3-2-4-10-9(5-6-16-13)7-11(14)15-12(8)10/h2-4,7H,1H3,(H2,14,15). The van der Waals surface area contributed by atoms with Gasteiger partial charge in [0.05, 0.1) is 5.52 Å². The maximum atomic E-state index is 5.78. The second-order valence-electron chi connectivity index (χ2n) is 3.37. The van der Waals surface area contributed by atoms with E-state index in [1.807, 2.05) is 31.2 Å². The number of halogens is 1. The predicted octanol–water partition coefficient (Wildman–Crippen LogP) is 3.52. The van der Waals surface area contributed by atoms with Crippen molar-refractivity contribution in [3.05, 3.63) is 35.4 Å². The van der Waals surface area contributed by atoms with Crippen LogP contribution in [0.5, 0.6) is 0 Å². The van der Waals surface area contributed by atoms with E-state index in [0.29, 0.717) is 5.82 Å². The van der Waals surface area contributed by atoms with Gasteiger partial charge in [-0.1, -0.05) is 24.1 Å². The van der Waals surface area contributed by atoms with Crippen LogP contribution < -0.4 is 5.73 Å². The van der Waals surface area contributed by atoms with Crippen LogP contribution in [0, 0.1) is 18.1 Å². The largest absolute Gasteiger partial charge is 0.384 e. The number of nitrogen functional groups attached to an aromatic ring is 1. The van der Waals surface area contributed by atoms with Gasteiger partial charge in [-0.25, -0.2) is 4.98 Å². The Morgan fingerprint density at radius 2 is 2.25 bits per heavy atom. The molecule has 1 aromatic carbocycles. The van der Waals surface area contributed by atoms with Crippen molar-refractivity contribution >= 4 is 46.9 Å². The van der Waals surface area contributed by atoms with Crippen LogP contribution in [-0.4, -0.2) is 4.98 Å². The van der Waals surface area contributed by atoms with E-state index in [1.54, 1.807) is 0 Å². The zero-order valence-corrected chi connectivity index (χ0v) is 11.6. The second kappa shape index (κ2) is 4.93. The van der Waals surface area contributed by atoms with Gasteiger partial charge in [0.2, 0.25) is 0 Å². The van der Waals surface area contributed by atoms with E-state index in [1.165, 1.54) is 8.93 Å². The van der Waals surface area contributed by atoms with Gasteiger partial charge in [0.25, 0.3) is 0 Å². The molecular weight excluding hydrogens is 331 g/mol. The number of aryl methyl sites for hydroxylation is 1. The number of nitrogens with zero attached hydrogens (tertiary/aromatic N) is 1. The lowest BCUT2D eigenvalue weighted by molar-refractivity contribution is 1.36. The topological polar surface area (TPSA) is 38.9 Å². The highest BCUT2D eigenvalue weighted by atomic mass is 127. The Labute approximate surface area is 111 Å². The lowest BCUT2D eigenvalue weighted by atomic mass is 10.1. The minimum atomic E-state index is 0.518. The zero-order valence-electron chi connectivity index (χ0n) is 8.62. The zero-order chi connectivity index (χ0) is 11.5. The van der Waals surface area contributed by atoms with Gasteiger partial charge in [-0.15, -0.1) is 0 Å². The van der Waals surface area contributed by atoms with Gasteiger partial charge in [-0.2, -0.15) is 0 Å². The number of pyridine rings is 1. The van der Waals surface area contributed by atoms with E-state index >= 15 is 0 Å². The van der Waals surface area contributed by atoms with Crippen LogP contribution in [0.3, 0.4) is 0 Å². The lowest BCUT2D eigenvalue weighted by Crippen LogP contribution is -1.94. The molecule has 2 nitrogen and oxygen atoms in total. The van der Waals surface area contributed by atoms with Crippen LogP contribution in [0.15, 0.2) is 24.3 Å². The molecule has 0 spiro atoms. The minimum Gasteiger partial charge on any atom is -0.384 e. The molecular formula is C12H9IN2S. The molecule has 0 aliphatic carbocycles. The minimum absolute atomic E-state index is 0.518. The molecule has 0 saturated heterocycles. The van der Waals surface area contributed by atoms with Gasteiger partial charge in [-0.3, -0.25) is 0 Å². The fourth-order valence-corrected chi connectivity index (χ4v) is 2.07. The number of hydrogen-bond acceptors (Lipinski definition) is 3. The molecule has 0 unspecified atom stereocenters. The van der Waals surface area contributed by atoms with E-state index in [4.69, 9.17) is 5.73 Å². The fraction of sp³-hybridized carbons (Fsp3) is 0.0833. The summed E-state index contributed by atoms with van der Waals surface area (Å²) in [6, 6.07) is 7.88. The number of hydrogen-bond donors (Lipinski definition) is 1. The first-order valence-corrected chi connectivity index (χ1v) is 8.02. The van der Waals surface area contributed by atoms with Crippen LogP contribution in [0.2, 0.25) is 0 Å². The Bertz CT molecular complexity index is 599. The van der Waals surface area contributed by atoms with Crippen molar-refractivity contribution < 1.29 is 0 Å². The van der Waals surface area contributed by atoms with Crippen LogP contribution >= 0.6 is 30.1 Å². The second-order valence-corrected chi connectivity index (χ2v) is 5.05. The molecule has 80 valence electrons. The quantitative estimate of drug-likeness (QED) is 0.589. The van der Waals surface area contributed by atoms with Gasteiger partial charge < -0.3 is 5.73 Å². The number of benzene rings is 1. The number of para-hydroxylation sites is 1. The van der Waals surface area contributed by atoms with Crippen molar-refractivity contribution in [3.63, 3.8) is 0 Å². The third-order valence-corrected chi connectivity index (χ3v) is 3.13. The summed E-state index contributed by atoms with van der Waals surface area (Å²) >= 11 is 2.15. The molecule has 2 N–H and O–H groups in total. The summed E-state index contributed by atoms with van der Waals surface area (Å²) < 4.78 is 0. The number of rotatable bonds is 0. The molecule has 16 heavy (non-hydrogen) atoms. The summed E-state index contributed by atoms with van der Waals surface area (Å²) in [5.74, 6) is 3.61. The molecule has 0 amide bonds. The summed E-state index contributed by atoms with van der Waals surface area (Å²) in [5, 5.41) is 4.04. The number of aromatic nitrogens is 1. The van der Waals surface area contributed by atoms with Crippen molar-refractivity contribution in [2.24, 2.45) is 0 Å². The first-order chi connectivity index (χ1) is 7.72. The third kappa shape index (κ3) is 2.25. The Balaban J connectivity index is 2.78. The van der Waals surface area contributed by atoms with Gasteiger partial charge in [0.15, 0.2) is 0 Å². The Morgan fingerprint density at radius 3 is 3.00 bits per heavy atom. The molecule has 0 aliphatic rings. The molecule has 2 rings (SSSR count). The SMILES string of the molecule is Cc1cccc2c(C#CSI)cc(N)nc12. The van der Waals surface area contributed by atoms with Gasteiger partial charge >= 0.3 is 0 Å². The van der Waals surface area contributed by atoms with Crippen LogP contribution in [-0.2, 0) is 0 Å². The van der Waals surface area contributed by atoms with Crippen molar-refractivity contribution in [1.29, 1.82) is 0 Å². The van der Waals surface area contributed by atoms with Crippen LogP contribution in [0.4, 0.5) is 5.82 Å². The van der Waals surface area contributed by atoms with Crippen LogP contribution in [0.1, 0.15) is 11.1 Å². The first kappa shape index (κ1) is 11.6. The highest BCUT2D eigenvalue weighted by Gasteiger charge is 2.04. The molecule has 0 fully saturated rings. The molecule has 0 saturated carbocycles. The van der Waals surface area contributed by atoms with Gasteiger partial charge in [0, 0.05) is 32.2 Å². The molecule has 0 aliphatic heterocycles. The van der Waals surface area contributed by atoms with E-state index < -0.39 is 0 Å². The van der Waals surface area contributed by atoms with Gasteiger partial charge in [0.1, 0.15) is 5.82 Å². The molecule has 1 aromatic heterocycles. The summed E-state index contributed by atoms with van der Waals surface area (Å²) in [6.45, 7) is 2.03. The molecule has 2 aromatic rings. The molecule has 4 heteroatoms. The number of nitrogens with two attached hydrogens (primary N) is 1. The highest BCUT2D eigenvalue weighted by Crippen LogP contribution is 2.22. The maximum Gasteiger partial charge on any atom is 0.125 e. The van der Waals surface area contributed by atoms with Crippen molar-refractivity contribution in [1.82, 2.24) is 4.98 Å². The van der Waals surface area contributed by atoms with E-state index in [0.717, 1.165) is 22.0 Å². The summed E-state index contributed by atoms with van der Waals surface area (Å²) in [7, 11) is 1.46. The third-order valence-electron chi connectivity index (χ3n) is 2.29. The van der Waals surface area contributed by atoms with Gasteiger partial charge in [-0.05, 0) is 32.7 Å². The van der Waals surface area contributed by atoms with Crippen LogP contribution in [0.25, 0.3) is 10.9 Å². The fourth-order valence-electron chi connectivity index (χ4n) is 1.59. The number of anilines is 1. The summed E-state index contributed by atoms with van der Waals surface area (Å²) in [5.41, 5.74) is 8.77. The molecule has 1 heterocycles. The summed E-state index contributed by atoms with van der Waals surface area (Å²) in [6.07, 6.45) is 0. The average Bonchev–Trinajstić information content (AvgIpc) is 2.27. The van der Waals surface area contributed by atoms with E-state index in [9.17, 15) is 0 Å². The lowest BCUT2D eigenvalue weighted by Gasteiger charge is -2.04. The average molecular weight is 340 g/mol. The summed E-state index contributed by atoms with van der Waals surface area (Å²) in [4.78, 5) is 4.35. The maximum absolute atomic E-state index is 5.78. The van der Waals surface area contributed by atoms with E-state index in [-0.39, 0.29) is 0 Å². The van der Waals surface area contributed by atoms with E-state index in [2.05, 4.69) is 37.4 Å². The number of fused-ring (bicyclic) bond motifs is 1. The molecule has 0 atom stereocenters. The smallest absolute Gasteiger partial charge is 0.125 e. The Kier molecular flexibility index (Phi) is 3.56. The molecule has 0 bridgehead atoms. The first-order valence-electron chi connectivity index (χ1n) is 4.67.